The van der Waals surface area contributed by atoms with Crippen LogP contribution in [-0.2, 0) is 12.8 Å². The summed E-state index contributed by atoms with van der Waals surface area (Å²) < 4.78 is 5.70. The van der Waals surface area contributed by atoms with Crippen molar-refractivity contribution >= 4 is 23.0 Å². The van der Waals surface area contributed by atoms with E-state index < -0.39 is 0 Å². The summed E-state index contributed by atoms with van der Waals surface area (Å²) >= 11 is 1.71. The van der Waals surface area contributed by atoms with Crippen LogP contribution in [0.1, 0.15) is 79.5 Å². The minimum absolute atomic E-state index is 0.0204. The Balaban J connectivity index is 1.64. The standard InChI is InChI=1S/C18H20N2O3S/c1-9-15(16-12(21)6-4-7-13(16)23-9)18(22)20-11-5-3-8-14-17(11)19-10(2)24-14/h11H,3-8H2,1-2H3,(H,20,22)/t11-/m1/s1. The van der Waals surface area contributed by atoms with Gasteiger partial charge < -0.3 is 9.73 Å². The monoisotopic (exact) mass is 344 g/mol. The Labute approximate surface area is 144 Å². The van der Waals surface area contributed by atoms with Gasteiger partial charge in [0, 0.05) is 17.7 Å². The number of amides is 1. The van der Waals surface area contributed by atoms with Crippen molar-refractivity contribution in [1.29, 1.82) is 0 Å². The van der Waals surface area contributed by atoms with Crippen LogP contribution in [0, 0.1) is 13.8 Å². The van der Waals surface area contributed by atoms with E-state index >= 15 is 0 Å². The van der Waals surface area contributed by atoms with Gasteiger partial charge in [-0.2, -0.15) is 0 Å². The van der Waals surface area contributed by atoms with Crippen molar-refractivity contribution in [3.8, 4) is 0 Å². The van der Waals surface area contributed by atoms with Crippen molar-refractivity contribution in [3.63, 3.8) is 0 Å². The molecule has 24 heavy (non-hydrogen) atoms. The van der Waals surface area contributed by atoms with Crippen LogP contribution in [0.4, 0.5) is 0 Å². The van der Waals surface area contributed by atoms with E-state index in [2.05, 4.69) is 10.3 Å². The summed E-state index contributed by atoms with van der Waals surface area (Å²) in [5.41, 5.74) is 1.92. The van der Waals surface area contributed by atoms with Crippen molar-refractivity contribution in [2.24, 2.45) is 0 Å². The average molecular weight is 344 g/mol. The lowest BCUT2D eigenvalue weighted by molar-refractivity contribution is 0.0912. The fraction of sp³-hybridized carbons (Fsp3) is 0.500. The van der Waals surface area contributed by atoms with E-state index in [1.54, 1.807) is 18.3 Å². The summed E-state index contributed by atoms with van der Waals surface area (Å²) in [7, 11) is 0. The van der Waals surface area contributed by atoms with Gasteiger partial charge in [-0.15, -0.1) is 11.3 Å². The number of furan rings is 1. The molecule has 2 aliphatic carbocycles. The zero-order valence-electron chi connectivity index (χ0n) is 13.9. The first kappa shape index (κ1) is 15.6. The third-order valence-corrected chi connectivity index (χ3v) is 5.88. The molecule has 6 heteroatoms. The van der Waals surface area contributed by atoms with E-state index in [0.717, 1.165) is 42.8 Å². The van der Waals surface area contributed by atoms with E-state index in [1.807, 2.05) is 6.92 Å². The summed E-state index contributed by atoms with van der Waals surface area (Å²) in [4.78, 5) is 31.0. The Morgan fingerprint density at radius 3 is 2.92 bits per heavy atom. The van der Waals surface area contributed by atoms with Crippen molar-refractivity contribution in [2.75, 3.05) is 0 Å². The Morgan fingerprint density at radius 1 is 1.25 bits per heavy atom. The molecule has 0 fully saturated rings. The molecule has 5 nitrogen and oxygen atoms in total. The van der Waals surface area contributed by atoms with Crippen LogP contribution in [0.3, 0.4) is 0 Å². The molecule has 4 rings (SSSR count). The molecular formula is C18H20N2O3S. The maximum absolute atomic E-state index is 12.9. The van der Waals surface area contributed by atoms with Crippen LogP contribution >= 0.6 is 11.3 Å². The summed E-state index contributed by atoms with van der Waals surface area (Å²) in [5.74, 6) is 1.02. The number of nitrogens with zero attached hydrogens (tertiary/aromatic N) is 1. The molecule has 1 amide bonds. The number of carbonyl (C=O) groups excluding carboxylic acids is 2. The third kappa shape index (κ3) is 2.49. The number of rotatable bonds is 2. The Kier molecular flexibility index (Phi) is 3.79. The molecular weight excluding hydrogens is 324 g/mol. The van der Waals surface area contributed by atoms with Crippen LogP contribution in [0.15, 0.2) is 4.42 Å². The fourth-order valence-electron chi connectivity index (χ4n) is 3.79. The highest BCUT2D eigenvalue weighted by molar-refractivity contribution is 7.11. The van der Waals surface area contributed by atoms with Gasteiger partial charge in [0.15, 0.2) is 5.78 Å². The van der Waals surface area contributed by atoms with E-state index in [4.69, 9.17) is 4.42 Å². The lowest BCUT2D eigenvalue weighted by Gasteiger charge is -2.22. The Bertz CT molecular complexity index is 834. The fourth-order valence-corrected chi connectivity index (χ4v) is 4.83. The zero-order chi connectivity index (χ0) is 16.8. The number of aryl methyl sites for hydroxylation is 4. The first-order valence-corrected chi connectivity index (χ1v) is 9.28. The van der Waals surface area contributed by atoms with Gasteiger partial charge in [0.25, 0.3) is 5.91 Å². The van der Waals surface area contributed by atoms with Crippen LogP contribution < -0.4 is 5.32 Å². The summed E-state index contributed by atoms with van der Waals surface area (Å²) in [6.45, 7) is 3.76. The topological polar surface area (TPSA) is 72.2 Å². The summed E-state index contributed by atoms with van der Waals surface area (Å²) in [6.07, 6.45) is 4.98. The van der Waals surface area contributed by atoms with Gasteiger partial charge in [-0.1, -0.05) is 0 Å². The second kappa shape index (κ2) is 5.84. The lowest BCUT2D eigenvalue weighted by atomic mass is 9.92. The number of hydrogen-bond donors (Lipinski definition) is 1. The smallest absolute Gasteiger partial charge is 0.256 e. The quantitative estimate of drug-likeness (QED) is 0.902. The number of ketones is 1. The SMILES string of the molecule is Cc1nc2c(s1)CCC[C@H]2NC(=O)c1c(C)oc2c1C(=O)CCC2. The Hall–Kier alpha value is -1.95. The minimum Gasteiger partial charge on any atom is -0.465 e. The van der Waals surface area contributed by atoms with Gasteiger partial charge in [0.05, 0.1) is 27.9 Å². The molecule has 2 heterocycles. The maximum atomic E-state index is 12.9. The van der Waals surface area contributed by atoms with Gasteiger partial charge in [-0.05, 0) is 39.5 Å². The van der Waals surface area contributed by atoms with Crippen LogP contribution in [0.5, 0.6) is 0 Å². The Morgan fingerprint density at radius 2 is 2.08 bits per heavy atom. The number of thiazole rings is 1. The molecule has 1 N–H and O–H groups in total. The van der Waals surface area contributed by atoms with Crippen LogP contribution in [0.2, 0.25) is 0 Å². The normalized spacial score (nSPS) is 19.8. The molecule has 1 atom stereocenters. The molecule has 0 saturated carbocycles. The lowest BCUT2D eigenvalue weighted by Crippen LogP contribution is -2.32. The number of nitrogens with one attached hydrogen (secondary N) is 1. The van der Waals surface area contributed by atoms with Crippen molar-refractivity contribution in [3.05, 3.63) is 38.2 Å². The van der Waals surface area contributed by atoms with E-state index in [1.165, 1.54) is 4.88 Å². The molecule has 0 aromatic carbocycles. The predicted molar refractivity (Wildman–Crippen MR) is 90.7 cm³/mol. The molecule has 0 spiro atoms. The minimum atomic E-state index is -0.212. The van der Waals surface area contributed by atoms with Gasteiger partial charge in [-0.25, -0.2) is 4.98 Å². The van der Waals surface area contributed by atoms with Crippen LogP contribution in [-0.4, -0.2) is 16.7 Å². The average Bonchev–Trinajstić information content (AvgIpc) is 3.07. The van der Waals surface area contributed by atoms with E-state index in [0.29, 0.717) is 29.1 Å². The summed E-state index contributed by atoms with van der Waals surface area (Å²) in [5, 5.41) is 4.13. The number of carbonyl (C=O) groups is 2. The highest BCUT2D eigenvalue weighted by Gasteiger charge is 2.32. The number of Topliss-reactive ketones (excluding diaryl/α,β-unsaturated/α-hetero) is 1. The van der Waals surface area contributed by atoms with Crippen molar-refractivity contribution in [2.45, 2.75) is 58.4 Å². The maximum Gasteiger partial charge on any atom is 0.256 e. The molecule has 0 bridgehead atoms. The number of hydrogen-bond acceptors (Lipinski definition) is 5. The molecule has 0 radical (unpaired) electrons. The molecule has 2 aromatic heterocycles. The molecule has 2 aliphatic rings. The predicted octanol–water partition coefficient (Wildman–Crippen LogP) is 3.68. The third-order valence-electron chi connectivity index (χ3n) is 4.84. The van der Waals surface area contributed by atoms with E-state index in [9.17, 15) is 9.59 Å². The van der Waals surface area contributed by atoms with Gasteiger partial charge in [0.2, 0.25) is 0 Å². The summed E-state index contributed by atoms with van der Waals surface area (Å²) in [6, 6.07) is -0.0742. The molecule has 0 aliphatic heterocycles. The molecule has 0 unspecified atom stereocenters. The first-order valence-electron chi connectivity index (χ1n) is 8.47. The first-order chi connectivity index (χ1) is 11.5. The van der Waals surface area contributed by atoms with E-state index in [-0.39, 0.29) is 17.7 Å². The number of fused-ring (bicyclic) bond motifs is 2. The molecule has 2 aromatic rings. The van der Waals surface area contributed by atoms with Crippen LogP contribution in [0.25, 0.3) is 0 Å². The highest BCUT2D eigenvalue weighted by atomic mass is 32.1. The largest absolute Gasteiger partial charge is 0.465 e. The van der Waals surface area contributed by atoms with Gasteiger partial charge >= 0.3 is 0 Å². The second-order valence-electron chi connectivity index (χ2n) is 6.57. The molecule has 126 valence electrons. The number of aromatic nitrogens is 1. The van der Waals surface area contributed by atoms with Gasteiger partial charge in [0.1, 0.15) is 11.5 Å². The molecule has 0 saturated heterocycles. The van der Waals surface area contributed by atoms with Crippen molar-refractivity contribution < 1.29 is 14.0 Å². The zero-order valence-corrected chi connectivity index (χ0v) is 14.7. The van der Waals surface area contributed by atoms with Crippen molar-refractivity contribution in [1.82, 2.24) is 10.3 Å². The highest BCUT2D eigenvalue weighted by Crippen LogP contribution is 2.34. The van der Waals surface area contributed by atoms with Gasteiger partial charge in [-0.3, -0.25) is 9.59 Å². The second-order valence-corrected chi connectivity index (χ2v) is 7.86.